The highest BCUT2D eigenvalue weighted by molar-refractivity contribution is 5.95. The zero-order chi connectivity index (χ0) is 16.1. The summed E-state index contributed by atoms with van der Waals surface area (Å²) in [4.78, 5) is 31.7. The van der Waals surface area contributed by atoms with E-state index in [9.17, 15) is 9.59 Å². The van der Waals surface area contributed by atoms with Gasteiger partial charge in [0, 0.05) is 33.4 Å². The van der Waals surface area contributed by atoms with Gasteiger partial charge in [-0.15, -0.1) is 0 Å². The average Bonchev–Trinajstić information content (AvgIpc) is 2.54. The van der Waals surface area contributed by atoms with E-state index in [1.165, 1.54) is 7.11 Å². The normalized spacial score (nSPS) is 17.8. The Morgan fingerprint density at radius 3 is 2.91 bits per heavy atom. The van der Waals surface area contributed by atoms with Crippen LogP contribution < -0.4 is 10.2 Å². The van der Waals surface area contributed by atoms with Crippen LogP contribution in [0.15, 0.2) is 18.3 Å². The van der Waals surface area contributed by atoms with Crippen LogP contribution in [0.2, 0.25) is 0 Å². The lowest BCUT2D eigenvalue weighted by Gasteiger charge is -2.31. The Labute approximate surface area is 130 Å². The lowest BCUT2D eigenvalue weighted by atomic mass is 9.97. The first-order valence-corrected chi connectivity index (χ1v) is 7.29. The van der Waals surface area contributed by atoms with Crippen molar-refractivity contribution in [3.05, 3.63) is 18.3 Å². The number of anilines is 2. The molecule has 1 aliphatic heterocycles. The molecule has 1 fully saturated rings. The number of aromatic nitrogens is 1. The first-order valence-electron chi connectivity index (χ1n) is 7.29. The summed E-state index contributed by atoms with van der Waals surface area (Å²) >= 11 is 0. The molecule has 1 atom stereocenters. The van der Waals surface area contributed by atoms with Crippen LogP contribution in [0.25, 0.3) is 0 Å². The van der Waals surface area contributed by atoms with Crippen LogP contribution in [0, 0.1) is 5.92 Å². The van der Waals surface area contributed by atoms with Crippen molar-refractivity contribution in [3.8, 4) is 0 Å². The average molecular weight is 306 g/mol. The number of carbonyl (C=O) groups excluding carboxylic acids is 2. The maximum absolute atomic E-state index is 12.5. The number of nitrogens with one attached hydrogen (secondary N) is 1. The van der Waals surface area contributed by atoms with Crippen molar-refractivity contribution in [1.29, 1.82) is 0 Å². The summed E-state index contributed by atoms with van der Waals surface area (Å²) in [7, 11) is 5.10. The van der Waals surface area contributed by atoms with Gasteiger partial charge in [0.25, 0.3) is 0 Å². The van der Waals surface area contributed by atoms with Crippen molar-refractivity contribution in [2.45, 2.75) is 12.8 Å². The fourth-order valence-corrected chi connectivity index (χ4v) is 2.57. The van der Waals surface area contributed by atoms with Crippen LogP contribution in [-0.4, -0.2) is 56.2 Å². The molecule has 1 aromatic heterocycles. The number of carbonyl (C=O) groups is 2. The van der Waals surface area contributed by atoms with Gasteiger partial charge in [0.2, 0.25) is 5.91 Å². The molecule has 0 aromatic carbocycles. The second-order valence-electron chi connectivity index (χ2n) is 5.51. The molecular formula is C15H22N4O3. The number of hydrogen-bond acceptors (Lipinski definition) is 5. The fraction of sp³-hybridized carbons (Fsp3) is 0.533. The minimum absolute atomic E-state index is 0.0929. The predicted molar refractivity (Wildman–Crippen MR) is 83.9 cm³/mol. The Kier molecular flexibility index (Phi) is 5.19. The van der Waals surface area contributed by atoms with E-state index in [1.54, 1.807) is 17.2 Å². The molecule has 0 bridgehead atoms. The monoisotopic (exact) mass is 306 g/mol. The second kappa shape index (κ2) is 7.11. The van der Waals surface area contributed by atoms with E-state index >= 15 is 0 Å². The number of rotatable bonds is 3. The Hall–Kier alpha value is -2.31. The summed E-state index contributed by atoms with van der Waals surface area (Å²) in [5, 5.41) is 2.92. The van der Waals surface area contributed by atoms with Crippen molar-refractivity contribution in [2.75, 3.05) is 44.5 Å². The van der Waals surface area contributed by atoms with Gasteiger partial charge in [0.1, 0.15) is 0 Å². The molecule has 22 heavy (non-hydrogen) atoms. The molecule has 0 radical (unpaired) electrons. The molecular weight excluding hydrogens is 284 g/mol. The molecule has 120 valence electrons. The van der Waals surface area contributed by atoms with Crippen molar-refractivity contribution in [3.63, 3.8) is 0 Å². The van der Waals surface area contributed by atoms with Gasteiger partial charge in [-0.2, -0.15) is 0 Å². The number of methoxy groups -OCH3 is 1. The number of likely N-dealkylation sites (tertiary alicyclic amines) is 1. The van der Waals surface area contributed by atoms with Gasteiger partial charge < -0.3 is 19.9 Å². The number of amides is 2. The summed E-state index contributed by atoms with van der Waals surface area (Å²) < 4.78 is 4.73. The summed E-state index contributed by atoms with van der Waals surface area (Å²) in [6.07, 6.45) is 2.86. The van der Waals surface area contributed by atoms with E-state index in [1.807, 2.05) is 25.1 Å². The number of hydrogen-bond donors (Lipinski definition) is 1. The number of piperidine rings is 1. The van der Waals surface area contributed by atoms with Crippen LogP contribution in [0.1, 0.15) is 12.8 Å². The molecule has 2 heterocycles. The molecule has 7 nitrogen and oxygen atoms in total. The zero-order valence-electron chi connectivity index (χ0n) is 13.2. The van der Waals surface area contributed by atoms with Crippen molar-refractivity contribution >= 4 is 23.5 Å². The molecule has 0 spiro atoms. The lowest BCUT2D eigenvalue weighted by Crippen LogP contribution is -2.43. The van der Waals surface area contributed by atoms with Crippen LogP contribution in [-0.2, 0) is 9.53 Å². The quantitative estimate of drug-likeness (QED) is 0.917. The van der Waals surface area contributed by atoms with E-state index in [0.717, 1.165) is 12.8 Å². The van der Waals surface area contributed by atoms with E-state index < -0.39 is 0 Å². The summed E-state index contributed by atoms with van der Waals surface area (Å²) in [6, 6.07) is 3.60. The van der Waals surface area contributed by atoms with Crippen LogP contribution in [0.4, 0.5) is 16.3 Å². The Bertz CT molecular complexity index is 547. The van der Waals surface area contributed by atoms with Gasteiger partial charge >= 0.3 is 6.09 Å². The van der Waals surface area contributed by atoms with Gasteiger partial charge in [0.05, 0.1) is 18.7 Å². The third kappa shape index (κ3) is 3.66. The molecule has 2 amide bonds. The lowest BCUT2D eigenvalue weighted by molar-refractivity contribution is -0.121. The molecule has 1 aromatic rings. The Morgan fingerprint density at radius 1 is 1.45 bits per heavy atom. The molecule has 1 aliphatic rings. The summed E-state index contributed by atoms with van der Waals surface area (Å²) in [6.45, 7) is 1.02. The number of nitrogens with zero attached hydrogens (tertiary/aromatic N) is 3. The largest absolute Gasteiger partial charge is 0.453 e. The fourth-order valence-electron chi connectivity index (χ4n) is 2.57. The third-order valence-electron chi connectivity index (χ3n) is 3.69. The molecule has 0 unspecified atom stereocenters. The first kappa shape index (κ1) is 16.1. The van der Waals surface area contributed by atoms with E-state index in [4.69, 9.17) is 4.74 Å². The first-order chi connectivity index (χ1) is 10.5. The maximum atomic E-state index is 12.5. The molecule has 0 saturated carbocycles. The molecule has 7 heteroatoms. The van der Waals surface area contributed by atoms with Crippen LogP contribution in [0.5, 0.6) is 0 Å². The van der Waals surface area contributed by atoms with E-state index in [2.05, 4.69) is 10.3 Å². The van der Waals surface area contributed by atoms with Crippen LogP contribution >= 0.6 is 0 Å². The number of ether oxygens (including phenoxy) is 1. The van der Waals surface area contributed by atoms with Gasteiger partial charge in [-0.05, 0) is 25.0 Å². The summed E-state index contributed by atoms with van der Waals surface area (Å²) in [5.74, 6) is 0.379. The minimum atomic E-state index is -0.382. The third-order valence-corrected chi connectivity index (χ3v) is 3.69. The highest BCUT2D eigenvalue weighted by Gasteiger charge is 2.29. The molecule has 2 rings (SSSR count). The smallest absolute Gasteiger partial charge is 0.409 e. The van der Waals surface area contributed by atoms with E-state index in [-0.39, 0.29) is 17.9 Å². The zero-order valence-corrected chi connectivity index (χ0v) is 13.2. The Balaban J connectivity index is 2.05. The topological polar surface area (TPSA) is 74.8 Å². The predicted octanol–water partition coefficient (Wildman–Crippen LogP) is 1.56. The van der Waals surface area contributed by atoms with Crippen molar-refractivity contribution < 1.29 is 14.3 Å². The highest BCUT2D eigenvalue weighted by Crippen LogP contribution is 2.23. The highest BCUT2D eigenvalue weighted by atomic mass is 16.5. The van der Waals surface area contributed by atoms with Crippen LogP contribution in [0.3, 0.4) is 0 Å². The standard InChI is InChI=1S/C15H22N4O3/c1-18(2)13-12(7-4-8-16-13)17-14(20)11-6-5-9-19(10-11)15(21)22-3/h4,7-8,11H,5-6,9-10H2,1-3H3,(H,17,20)/t11-/m1/s1. The van der Waals surface area contributed by atoms with Crippen molar-refractivity contribution in [1.82, 2.24) is 9.88 Å². The van der Waals surface area contributed by atoms with Gasteiger partial charge in [-0.25, -0.2) is 9.78 Å². The number of pyridine rings is 1. The van der Waals surface area contributed by atoms with E-state index in [0.29, 0.717) is 24.6 Å². The van der Waals surface area contributed by atoms with Crippen molar-refractivity contribution in [2.24, 2.45) is 5.92 Å². The second-order valence-corrected chi connectivity index (χ2v) is 5.51. The summed E-state index contributed by atoms with van der Waals surface area (Å²) in [5.41, 5.74) is 0.674. The molecule has 1 saturated heterocycles. The SMILES string of the molecule is COC(=O)N1CCC[C@@H](C(=O)Nc2cccnc2N(C)C)C1. The Morgan fingerprint density at radius 2 is 2.23 bits per heavy atom. The van der Waals surface area contributed by atoms with Gasteiger partial charge in [-0.3, -0.25) is 4.79 Å². The maximum Gasteiger partial charge on any atom is 0.409 e. The molecule has 1 N–H and O–H groups in total. The molecule has 0 aliphatic carbocycles. The van der Waals surface area contributed by atoms with Gasteiger partial charge in [-0.1, -0.05) is 0 Å². The van der Waals surface area contributed by atoms with Gasteiger partial charge in [0.15, 0.2) is 5.82 Å². The minimum Gasteiger partial charge on any atom is -0.453 e.